The van der Waals surface area contributed by atoms with E-state index >= 15 is 0 Å². The second kappa shape index (κ2) is 4.92. The first-order chi connectivity index (χ1) is 11.7. The van der Waals surface area contributed by atoms with Gasteiger partial charge in [-0.05, 0) is 23.1 Å². The lowest BCUT2D eigenvalue weighted by Gasteiger charge is -2.13. The van der Waals surface area contributed by atoms with E-state index in [1.54, 1.807) is 11.8 Å². The zero-order chi connectivity index (χ0) is 16.3. The summed E-state index contributed by atoms with van der Waals surface area (Å²) in [4.78, 5) is 13.4. The normalized spacial score (nSPS) is 15.1. The molecule has 1 N–H and O–H groups in total. The molecule has 2 aliphatic heterocycles. The third-order valence-electron chi connectivity index (χ3n) is 4.50. The van der Waals surface area contributed by atoms with Crippen molar-refractivity contribution in [2.45, 2.75) is 11.5 Å². The highest BCUT2D eigenvalue weighted by Gasteiger charge is 2.31. The third kappa shape index (κ3) is 1.79. The summed E-state index contributed by atoms with van der Waals surface area (Å²) < 4.78 is 10.8. The average molecular weight is 336 g/mol. The van der Waals surface area contributed by atoms with Crippen LogP contribution in [0.3, 0.4) is 0 Å². The van der Waals surface area contributed by atoms with E-state index in [1.807, 2.05) is 42.5 Å². The monoisotopic (exact) mass is 336 g/mol. The van der Waals surface area contributed by atoms with Gasteiger partial charge in [0, 0.05) is 16.5 Å². The molecule has 0 aromatic heterocycles. The van der Waals surface area contributed by atoms with Crippen LogP contribution in [0, 0.1) is 0 Å². The Bertz CT molecular complexity index is 1030. The Morgan fingerprint density at radius 1 is 1.00 bits per heavy atom. The number of phenolic OH excluding ortho intramolecular Hbond substituents is 1. The van der Waals surface area contributed by atoms with Crippen LogP contribution in [-0.4, -0.2) is 17.0 Å². The van der Waals surface area contributed by atoms with E-state index in [1.165, 1.54) is 0 Å². The van der Waals surface area contributed by atoms with Crippen LogP contribution in [0.25, 0.3) is 21.9 Å². The molecule has 0 fully saturated rings. The summed E-state index contributed by atoms with van der Waals surface area (Å²) in [6, 6.07) is 13.5. The maximum atomic E-state index is 12.3. The van der Waals surface area contributed by atoms with Gasteiger partial charge in [-0.1, -0.05) is 42.1 Å². The highest BCUT2D eigenvalue weighted by Crippen LogP contribution is 2.46. The van der Waals surface area contributed by atoms with Crippen LogP contribution in [-0.2, 0) is 11.3 Å². The van der Waals surface area contributed by atoms with E-state index in [0.29, 0.717) is 17.1 Å². The number of ether oxygens (including phenoxy) is 2. The lowest BCUT2D eigenvalue weighted by molar-refractivity contribution is 0.0535. The number of fused-ring (bicyclic) bond motifs is 3. The standard InChI is InChI=1S/C19H12O4S/c20-18-12-4-2-1-3-11(12)16(17-13(18)8-22-19(17)21)10-5-6-15-14(7-10)23-9-24-15/h1-7,20H,8-9H2. The quantitative estimate of drug-likeness (QED) is 0.671. The number of carbonyl (C=O) groups excluding carboxylic acids is 1. The average Bonchev–Trinajstić information content (AvgIpc) is 3.22. The smallest absolute Gasteiger partial charge is 0.339 e. The minimum absolute atomic E-state index is 0.106. The summed E-state index contributed by atoms with van der Waals surface area (Å²) in [5, 5.41) is 12.1. The molecule has 0 aliphatic carbocycles. The lowest BCUT2D eigenvalue weighted by atomic mass is 9.90. The fraction of sp³-hybridized carbons (Fsp3) is 0.105. The van der Waals surface area contributed by atoms with Crippen molar-refractivity contribution in [2.75, 3.05) is 5.94 Å². The molecular formula is C19H12O4S. The first-order valence-corrected chi connectivity index (χ1v) is 8.56. The number of thioether (sulfide) groups is 1. The number of phenols is 1. The predicted octanol–water partition coefficient (Wildman–Crippen LogP) is 4.32. The van der Waals surface area contributed by atoms with Crippen LogP contribution < -0.4 is 4.74 Å². The highest BCUT2D eigenvalue weighted by atomic mass is 32.2. The number of hydrogen-bond donors (Lipinski definition) is 1. The fourth-order valence-electron chi connectivity index (χ4n) is 3.40. The topological polar surface area (TPSA) is 55.8 Å². The minimum atomic E-state index is -0.392. The summed E-state index contributed by atoms with van der Waals surface area (Å²) in [6.45, 7) is 0.106. The Morgan fingerprint density at radius 2 is 1.83 bits per heavy atom. The SMILES string of the molecule is O=C1OCc2c1c(-c1ccc3c(c1)OCS3)c1ccccc1c2O. The van der Waals surface area contributed by atoms with E-state index in [4.69, 9.17) is 9.47 Å². The van der Waals surface area contributed by atoms with Crippen molar-refractivity contribution >= 4 is 28.5 Å². The zero-order valence-electron chi connectivity index (χ0n) is 12.5. The van der Waals surface area contributed by atoms with Gasteiger partial charge in [-0.25, -0.2) is 4.79 Å². The molecule has 118 valence electrons. The van der Waals surface area contributed by atoms with Gasteiger partial charge in [0.05, 0.1) is 10.5 Å². The van der Waals surface area contributed by atoms with E-state index in [9.17, 15) is 9.90 Å². The van der Waals surface area contributed by atoms with Crippen LogP contribution in [0.15, 0.2) is 47.4 Å². The maximum Gasteiger partial charge on any atom is 0.339 e. The van der Waals surface area contributed by atoms with Crippen molar-refractivity contribution in [1.29, 1.82) is 0 Å². The first kappa shape index (κ1) is 13.7. The second-order valence-electron chi connectivity index (χ2n) is 5.77. The Hall–Kier alpha value is -2.66. The Balaban J connectivity index is 1.90. The maximum absolute atomic E-state index is 12.3. The summed E-state index contributed by atoms with van der Waals surface area (Å²) >= 11 is 1.65. The van der Waals surface area contributed by atoms with Gasteiger partial charge >= 0.3 is 5.97 Å². The molecular weight excluding hydrogens is 324 g/mol. The van der Waals surface area contributed by atoms with Gasteiger partial charge in [-0.3, -0.25) is 0 Å². The number of hydrogen-bond acceptors (Lipinski definition) is 5. The molecule has 4 nitrogen and oxygen atoms in total. The van der Waals surface area contributed by atoms with Crippen LogP contribution in [0.2, 0.25) is 0 Å². The largest absolute Gasteiger partial charge is 0.507 e. The molecule has 3 aromatic carbocycles. The predicted molar refractivity (Wildman–Crippen MR) is 91.5 cm³/mol. The molecule has 0 saturated carbocycles. The second-order valence-corrected chi connectivity index (χ2v) is 6.73. The molecule has 0 unspecified atom stereocenters. The number of rotatable bonds is 1. The molecule has 0 spiro atoms. The Labute approximate surface area is 142 Å². The first-order valence-electron chi connectivity index (χ1n) is 7.58. The van der Waals surface area contributed by atoms with Gasteiger partial charge in [0.1, 0.15) is 24.0 Å². The van der Waals surface area contributed by atoms with Gasteiger partial charge in [0.2, 0.25) is 0 Å². The van der Waals surface area contributed by atoms with Crippen LogP contribution in [0.1, 0.15) is 15.9 Å². The van der Waals surface area contributed by atoms with Crippen molar-refractivity contribution in [2.24, 2.45) is 0 Å². The number of cyclic esters (lactones) is 1. The molecule has 0 radical (unpaired) electrons. The van der Waals surface area contributed by atoms with E-state index in [2.05, 4.69) is 0 Å². The third-order valence-corrected chi connectivity index (χ3v) is 5.39. The number of aromatic hydroxyl groups is 1. The van der Waals surface area contributed by atoms with Crippen molar-refractivity contribution < 1.29 is 19.4 Å². The summed E-state index contributed by atoms with van der Waals surface area (Å²) in [7, 11) is 0. The van der Waals surface area contributed by atoms with Gasteiger partial charge in [0.15, 0.2) is 0 Å². The Kier molecular flexibility index (Phi) is 2.82. The van der Waals surface area contributed by atoms with Crippen LogP contribution >= 0.6 is 11.8 Å². The molecule has 24 heavy (non-hydrogen) atoms. The van der Waals surface area contributed by atoms with E-state index < -0.39 is 5.97 Å². The molecule has 0 bridgehead atoms. The van der Waals surface area contributed by atoms with E-state index in [-0.39, 0.29) is 12.4 Å². The van der Waals surface area contributed by atoms with E-state index in [0.717, 1.165) is 32.5 Å². The number of esters is 1. The van der Waals surface area contributed by atoms with Crippen molar-refractivity contribution in [3.05, 3.63) is 53.6 Å². The molecule has 3 aromatic rings. The minimum Gasteiger partial charge on any atom is -0.507 e. The molecule has 5 heteroatoms. The highest BCUT2D eigenvalue weighted by molar-refractivity contribution is 7.99. The Morgan fingerprint density at radius 3 is 2.71 bits per heavy atom. The molecule has 0 atom stereocenters. The molecule has 2 aliphatic rings. The molecule has 0 saturated heterocycles. The summed E-state index contributed by atoms with van der Waals surface area (Å²) in [5.74, 6) is 1.17. The van der Waals surface area contributed by atoms with Gasteiger partial charge in [-0.15, -0.1) is 0 Å². The fourth-order valence-corrected chi connectivity index (χ4v) is 4.14. The van der Waals surface area contributed by atoms with Gasteiger partial charge in [0.25, 0.3) is 0 Å². The zero-order valence-corrected chi connectivity index (χ0v) is 13.4. The molecule has 2 heterocycles. The van der Waals surface area contributed by atoms with Gasteiger partial charge < -0.3 is 14.6 Å². The van der Waals surface area contributed by atoms with Crippen LogP contribution in [0.5, 0.6) is 11.5 Å². The van der Waals surface area contributed by atoms with Crippen LogP contribution in [0.4, 0.5) is 0 Å². The van der Waals surface area contributed by atoms with Crippen molar-refractivity contribution in [3.8, 4) is 22.6 Å². The summed E-state index contributed by atoms with van der Waals surface area (Å²) in [6.07, 6.45) is 0. The summed E-state index contributed by atoms with van der Waals surface area (Å²) in [5.41, 5.74) is 2.70. The number of carbonyl (C=O) groups is 1. The van der Waals surface area contributed by atoms with Crippen molar-refractivity contribution in [1.82, 2.24) is 0 Å². The number of benzene rings is 3. The lowest BCUT2D eigenvalue weighted by Crippen LogP contribution is -1.99. The van der Waals surface area contributed by atoms with Gasteiger partial charge in [-0.2, -0.15) is 0 Å². The van der Waals surface area contributed by atoms with Crippen molar-refractivity contribution in [3.63, 3.8) is 0 Å². The molecule has 0 amide bonds. The molecule has 5 rings (SSSR count).